The average Bonchev–Trinajstić information content (AvgIpc) is 2.42. The Labute approximate surface area is 117 Å². The van der Waals surface area contributed by atoms with Gasteiger partial charge in [-0.2, -0.15) is 4.98 Å². The van der Waals surface area contributed by atoms with Gasteiger partial charge in [0.25, 0.3) is 0 Å². The maximum Gasteiger partial charge on any atom is 0.374 e. The molecule has 0 unspecified atom stereocenters. The summed E-state index contributed by atoms with van der Waals surface area (Å²) in [5.74, 6) is -1.30. The first-order valence-corrected chi connectivity index (χ1v) is 6.43. The highest BCUT2D eigenvalue weighted by Crippen LogP contribution is 2.18. The number of hydrogen-bond acceptors (Lipinski definition) is 7. The van der Waals surface area contributed by atoms with E-state index in [0.29, 0.717) is 18.8 Å². The lowest BCUT2D eigenvalue weighted by molar-refractivity contribution is -0.153. The molecule has 0 saturated heterocycles. The van der Waals surface area contributed by atoms with E-state index in [1.807, 2.05) is 6.92 Å². The zero-order valence-electron chi connectivity index (χ0n) is 11.8. The third-order valence-electron chi connectivity index (χ3n) is 2.21. The van der Waals surface area contributed by atoms with Crippen molar-refractivity contribution in [3.8, 4) is 11.9 Å². The highest BCUT2D eigenvalue weighted by Gasteiger charge is 2.19. The van der Waals surface area contributed by atoms with Gasteiger partial charge in [-0.1, -0.05) is 0 Å². The normalized spacial score (nSPS) is 9.95. The van der Waals surface area contributed by atoms with Crippen molar-refractivity contribution in [1.29, 1.82) is 0 Å². The summed E-state index contributed by atoms with van der Waals surface area (Å²) in [5.41, 5.74) is 0.424. The van der Waals surface area contributed by atoms with Gasteiger partial charge in [0, 0.05) is 18.2 Å². The molecule has 0 N–H and O–H groups in total. The van der Waals surface area contributed by atoms with Crippen LogP contribution in [0.2, 0.25) is 0 Å². The number of rotatable bonds is 8. The van der Waals surface area contributed by atoms with Crippen LogP contribution in [0.4, 0.5) is 0 Å². The molecule has 1 aromatic heterocycles. The zero-order chi connectivity index (χ0) is 15.0. The summed E-state index contributed by atoms with van der Waals surface area (Å²) in [7, 11) is 0. The van der Waals surface area contributed by atoms with E-state index in [0.717, 1.165) is 0 Å². The van der Waals surface area contributed by atoms with Crippen LogP contribution < -0.4 is 9.47 Å². The molecule has 7 heteroatoms. The molecule has 1 rings (SSSR count). The van der Waals surface area contributed by atoms with Crippen LogP contribution in [0.5, 0.6) is 11.9 Å². The van der Waals surface area contributed by atoms with Crippen LogP contribution in [0.1, 0.15) is 26.3 Å². The number of esters is 1. The van der Waals surface area contributed by atoms with Gasteiger partial charge in [0.15, 0.2) is 0 Å². The van der Waals surface area contributed by atoms with E-state index in [-0.39, 0.29) is 24.9 Å². The van der Waals surface area contributed by atoms with Crippen molar-refractivity contribution in [3.63, 3.8) is 0 Å². The Morgan fingerprint density at radius 3 is 2.40 bits per heavy atom. The van der Waals surface area contributed by atoms with Gasteiger partial charge in [-0.25, -0.2) is 9.78 Å². The van der Waals surface area contributed by atoms with Gasteiger partial charge in [0.05, 0.1) is 19.8 Å². The number of aromatic nitrogens is 2. The molecule has 0 saturated carbocycles. The maximum atomic E-state index is 11.7. The second kappa shape index (κ2) is 8.08. The summed E-state index contributed by atoms with van der Waals surface area (Å²) in [4.78, 5) is 31.0. The lowest BCUT2D eigenvalue weighted by atomic mass is 10.1. The Morgan fingerprint density at radius 2 is 1.80 bits per heavy atom. The molecule has 0 aliphatic heterocycles. The molecule has 0 bridgehead atoms. The summed E-state index contributed by atoms with van der Waals surface area (Å²) in [6.45, 7) is 6.19. The lowest BCUT2D eigenvalue weighted by Gasteiger charge is -2.09. The van der Waals surface area contributed by atoms with Gasteiger partial charge >= 0.3 is 12.0 Å². The zero-order valence-corrected chi connectivity index (χ0v) is 11.8. The number of hydrogen-bond donors (Lipinski definition) is 0. The monoisotopic (exact) mass is 282 g/mol. The van der Waals surface area contributed by atoms with Gasteiger partial charge in [0.2, 0.25) is 11.7 Å². The minimum absolute atomic E-state index is 0.155. The van der Waals surface area contributed by atoms with Crippen molar-refractivity contribution >= 4 is 11.8 Å². The number of carbonyl (C=O) groups is 2. The average molecular weight is 282 g/mol. The maximum absolute atomic E-state index is 11.7. The topological polar surface area (TPSA) is 87.6 Å². The molecule has 0 spiro atoms. The Morgan fingerprint density at radius 1 is 1.10 bits per heavy atom. The van der Waals surface area contributed by atoms with Gasteiger partial charge in [-0.3, -0.25) is 4.79 Å². The molecule has 0 amide bonds. The molecular formula is C13H18N2O5. The molecule has 0 atom stereocenters. The highest BCUT2D eigenvalue weighted by atomic mass is 16.5. The van der Waals surface area contributed by atoms with E-state index < -0.39 is 11.8 Å². The van der Waals surface area contributed by atoms with Crippen molar-refractivity contribution < 1.29 is 23.8 Å². The first-order chi connectivity index (χ1) is 9.62. The van der Waals surface area contributed by atoms with E-state index in [1.54, 1.807) is 13.8 Å². The summed E-state index contributed by atoms with van der Waals surface area (Å²) in [6, 6.07) is 0.170. The van der Waals surface area contributed by atoms with Crippen molar-refractivity contribution in [1.82, 2.24) is 9.97 Å². The number of ether oxygens (including phenoxy) is 3. The summed E-state index contributed by atoms with van der Waals surface area (Å²) in [6.07, 6.45) is 1.25. The largest absolute Gasteiger partial charge is 0.478 e. The quantitative estimate of drug-likeness (QED) is 0.518. The Kier molecular flexibility index (Phi) is 6.42. The summed E-state index contributed by atoms with van der Waals surface area (Å²) < 4.78 is 15.1. The number of nitrogens with zero attached hydrogens (tertiary/aromatic N) is 2. The van der Waals surface area contributed by atoms with Crippen LogP contribution in [-0.2, 0) is 20.7 Å². The summed E-state index contributed by atoms with van der Waals surface area (Å²) in [5, 5.41) is 0. The second-order valence-electron chi connectivity index (χ2n) is 3.67. The molecule has 0 aliphatic carbocycles. The molecule has 0 fully saturated rings. The Bertz CT molecular complexity index is 476. The fraction of sp³-hybridized carbons (Fsp3) is 0.538. The first-order valence-electron chi connectivity index (χ1n) is 6.43. The minimum atomic E-state index is -0.871. The van der Waals surface area contributed by atoms with Crippen molar-refractivity contribution in [2.75, 3.05) is 19.8 Å². The number of ketones is 1. The molecule has 20 heavy (non-hydrogen) atoms. The molecule has 1 aromatic rings. The SMILES string of the molecule is CCOC(=O)C(=O)Cc1cnc(OCC)nc1OCC. The van der Waals surface area contributed by atoms with Crippen molar-refractivity contribution in [2.24, 2.45) is 0 Å². The van der Waals surface area contributed by atoms with Crippen LogP contribution in [-0.4, -0.2) is 41.5 Å². The van der Waals surface area contributed by atoms with Crippen LogP contribution in [0, 0.1) is 0 Å². The smallest absolute Gasteiger partial charge is 0.374 e. The number of carbonyl (C=O) groups excluding carboxylic acids is 2. The van der Waals surface area contributed by atoms with E-state index >= 15 is 0 Å². The van der Waals surface area contributed by atoms with E-state index in [2.05, 4.69) is 14.7 Å². The molecule has 1 heterocycles. The van der Waals surface area contributed by atoms with Crippen molar-refractivity contribution in [2.45, 2.75) is 27.2 Å². The molecule has 0 radical (unpaired) electrons. The van der Waals surface area contributed by atoms with Crippen LogP contribution in [0.15, 0.2) is 6.20 Å². The van der Waals surface area contributed by atoms with E-state index in [1.165, 1.54) is 6.20 Å². The summed E-state index contributed by atoms with van der Waals surface area (Å²) >= 11 is 0. The minimum Gasteiger partial charge on any atom is -0.478 e. The second-order valence-corrected chi connectivity index (χ2v) is 3.67. The van der Waals surface area contributed by atoms with Gasteiger partial charge < -0.3 is 14.2 Å². The molecule has 0 aliphatic rings. The van der Waals surface area contributed by atoms with E-state index in [4.69, 9.17) is 9.47 Å². The highest BCUT2D eigenvalue weighted by molar-refractivity contribution is 6.34. The van der Waals surface area contributed by atoms with Crippen LogP contribution in [0.25, 0.3) is 0 Å². The Hall–Kier alpha value is -2.18. The third-order valence-corrected chi connectivity index (χ3v) is 2.21. The lowest BCUT2D eigenvalue weighted by Crippen LogP contribution is -2.20. The third kappa shape index (κ3) is 4.49. The molecule has 7 nitrogen and oxygen atoms in total. The standard InChI is InChI=1S/C13H18N2O5/c1-4-18-11-9(7-10(16)12(17)19-5-2)8-14-13(15-11)20-6-3/h8H,4-7H2,1-3H3. The first kappa shape index (κ1) is 15.9. The molecule has 110 valence electrons. The fourth-order valence-electron chi connectivity index (χ4n) is 1.41. The van der Waals surface area contributed by atoms with Gasteiger partial charge in [-0.05, 0) is 20.8 Å². The molecular weight excluding hydrogens is 264 g/mol. The van der Waals surface area contributed by atoms with Crippen LogP contribution >= 0.6 is 0 Å². The fourth-order valence-corrected chi connectivity index (χ4v) is 1.41. The predicted octanol–water partition coefficient (Wildman–Crippen LogP) is 0.949. The molecule has 0 aromatic carbocycles. The van der Waals surface area contributed by atoms with Crippen LogP contribution in [0.3, 0.4) is 0 Å². The van der Waals surface area contributed by atoms with Gasteiger partial charge in [0.1, 0.15) is 0 Å². The predicted molar refractivity (Wildman–Crippen MR) is 69.7 cm³/mol. The van der Waals surface area contributed by atoms with Crippen molar-refractivity contribution in [3.05, 3.63) is 11.8 Å². The Balaban J connectivity index is 2.87. The number of Topliss-reactive ketones (excluding diaryl/α,β-unsaturated/α-hetero) is 1. The van der Waals surface area contributed by atoms with E-state index in [9.17, 15) is 9.59 Å². The van der Waals surface area contributed by atoms with Gasteiger partial charge in [-0.15, -0.1) is 0 Å².